The van der Waals surface area contributed by atoms with Crippen LogP contribution in [0.1, 0.15) is 30.1 Å². The zero-order chi connectivity index (χ0) is 13.6. The molecule has 0 aliphatic heterocycles. The molecule has 0 N–H and O–H groups in total. The number of hydrogen-bond acceptors (Lipinski definition) is 2. The van der Waals surface area contributed by atoms with E-state index < -0.39 is 0 Å². The molecule has 0 saturated heterocycles. The van der Waals surface area contributed by atoms with Crippen LogP contribution < -0.4 is 0 Å². The van der Waals surface area contributed by atoms with E-state index in [9.17, 15) is 0 Å². The first-order chi connectivity index (χ1) is 9.06. The van der Waals surface area contributed by atoms with Crippen LogP contribution in [-0.4, -0.2) is 9.97 Å². The lowest BCUT2D eigenvalue weighted by Gasteiger charge is -2.11. The highest BCUT2D eigenvalue weighted by atomic mass is 35.5. The summed E-state index contributed by atoms with van der Waals surface area (Å²) in [7, 11) is 0. The largest absolute Gasteiger partial charge is 0.232 e. The van der Waals surface area contributed by atoms with Crippen molar-refractivity contribution in [1.82, 2.24) is 9.97 Å². The predicted octanol–water partition coefficient (Wildman–Crippen LogP) is 5.29. The number of halogens is 3. The van der Waals surface area contributed by atoms with Gasteiger partial charge >= 0.3 is 0 Å². The number of aromatic nitrogens is 2. The van der Waals surface area contributed by atoms with E-state index in [0.717, 1.165) is 35.5 Å². The molecule has 1 saturated carbocycles. The van der Waals surface area contributed by atoms with Gasteiger partial charge in [-0.05, 0) is 38.0 Å². The molecule has 1 aliphatic carbocycles. The molecular weight excluding hydrogens is 303 g/mol. The maximum atomic E-state index is 6.24. The van der Waals surface area contributed by atoms with Crippen molar-refractivity contribution in [3.05, 3.63) is 44.8 Å². The average molecular weight is 314 g/mol. The van der Waals surface area contributed by atoms with Crippen LogP contribution in [0.15, 0.2) is 18.2 Å². The van der Waals surface area contributed by atoms with Gasteiger partial charge in [-0.2, -0.15) is 0 Å². The molecule has 1 aromatic heterocycles. The van der Waals surface area contributed by atoms with Gasteiger partial charge in [-0.25, -0.2) is 9.97 Å². The predicted molar refractivity (Wildman–Crippen MR) is 79.2 cm³/mol. The van der Waals surface area contributed by atoms with Gasteiger partial charge in [0.15, 0.2) is 0 Å². The van der Waals surface area contributed by atoms with Crippen molar-refractivity contribution in [1.29, 1.82) is 0 Å². The Bertz CT molecular complexity index is 651. The lowest BCUT2D eigenvalue weighted by molar-refractivity contribution is 0.922. The Hall–Kier alpha value is -0.830. The minimum absolute atomic E-state index is 0.440. The molecule has 0 bridgehead atoms. The Balaban J connectivity index is 2.20. The standard InChI is InChI=1S/C14H11Cl3N2/c1-7-12(10-6-9(15)4-5-11(10)16)18-14(8-2-3-8)19-13(7)17/h4-6,8H,2-3H2,1H3. The number of rotatable bonds is 2. The lowest BCUT2D eigenvalue weighted by atomic mass is 10.1. The molecule has 0 atom stereocenters. The first-order valence-corrected chi connectivity index (χ1v) is 7.19. The highest BCUT2D eigenvalue weighted by Crippen LogP contribution is 2.41. The minimum Gasteiger partial charge on any atom is -0.232 e. The van der Waals surface area contributed by atoms with E-state index >= 15 is 0 Å². The summed E-state index contributed by atoms with van der Waals surface area (Å²) >= 11 is 18.5. The van der Waals surface area contributed by atoms with Gasteiger partial charge in [0.2, 0.25) is 0 Å². The van der Waals surface area contributed by atoms with Crippen molar-refractivity contribution in [2.75, 3.05) is 0 Å². The molecular formula is C14H11Cl3N2. The van der Waals surface area contributed by atoms with Crippen LogP contribution in [0.4, 0.5) is 0 Å². The van der Waals surface area contributed by atoms with Crippen molar-refractivity contribution in [3.8, 4) is 11.3 Å². The van der Waals surface area contributed by atoms with E-state index in [0.29, 0.717) is 21.1 Å². The summed E-state index contributed by atoms with van der Waals surface area (Å²) in [5.41, 5.74) is 2.41. The Morgan fingerprint density at radius 1 is 1.11 bits per heavy atom. The molecule has 98 valence electrons. The van der Waals surface area contributed by atoms with E-state index in [-0.39, 0.29) is 0 Å². The summed E-state index contributed by atoms with van der Waals surface area (Å²) in [5.74, 6) is 1.25. The normalized spacial score (nSPS) is 14.7. The third-order valence-corrected chi connectivity index (χ3v) is 4.16. The highest BCUT2D eigenvalue weighted by Gasteiger charge is 2.28. The third-order valence-electron chi connectivity index (χ3n) is 3.23. The zero-order valence-corrected chi connectivity index (χ0v) is 12.5. The van der Waals surface area contributed by atoms with Crippen LogP contribution in [0.2, 0.25) is 15.2 Å². The maximum Gasteiger partial charge on any atom is 0.136 e. The van der Waals surface area contributed by atoms with Crippen molar-refractivity contribution in [2.24, 2.45) is 0 Å². The topological polar surface area (TPSA) is 25.8 Å². The van der Waals surface area contributed by atoms with Gasteiger partial charge in [0, 0.05) is 22.1 Å². The Morgan fingerprint density at radius 3 is 2.53 bits per heavy atom. The first-order valence-electron chi connectivity index (χ1n) is 6.05. The quantitative estimate of drug-likeness (QED) is 0.704. The van der Waals surface area contributed by atoms with Crippen LogP contribution in [0, 0.1) is 6.92 Å². The summed E-state index contributed by atoms with van der Waals surface area (Å²) in [6, 6.07) is 5.34. The van der Waals surface area contributed by atoms with E-state index in [1.165, 1.54) is 0 Å². The van der Waals surface area contributed by atoms with E-state index in [1.807, 2.05) is 13.0 Å². The number of hydrogen-bond donors (Lipinski definition) is 0. The summed E-state index contributed by atoms with van der Waals surface area (Å²) in [4.78, 5) is 8.98. The fourth-order valence-corrected chi connectivity index (χ4v) is 2.53. The van der Waals surface area contributed by atoms with E-state index in [4.69, 9.17) is 34.8 Å². The molecule has 2 aromatic rings. The second-order valence-corrected chi connectivity index (χ2v) is 5.95. The fourth-order valence-electron chi connectivity index (χ4n) is 1.97. The van der Waals surface area contributed by atoms with Crippen molar-refractivity contribution in [2.45, 2.75) is 25.7 Å². The Morgan fingerprint density at radius 2 is 1.84 bits per heavy atom. The smallest absolute Gasteiger partial charge is 0.136 e. The van der Waals surface area contributed by atoms with Gasteiger partial charge in [0.1, 0.15) is 11.0 Å². The summed E-state index contributed by atoms with van der Waals surface area (Å²) in [5, 5.41) is 1.73. The minimum atomic E-state index is 0.440. The molecule has 1 aromatic carbocycles. The Labute approximate surface area is 126 Å². The first kappa shape index (κ1) is 13.2. The molecule has 5 heteroatoms. The summed E-state index contributed by atoms with van der Waals surface area (Å²) in [6.07, 6.45) is 2.25. The highest BCUT2D eigenvalue weighted by molar-refractivity contribution is 6.35. The second-order valence-electron chi connectivity index (χ2n) is 4.74. The maximum absolute atomic E-state index is 6.24. The molecule has 3 rings (SSSR count). The molecule has 1 heterocycles. The number of benzene rings is 1. The van der Waals surface area contributed by atoms with Gasteiger partial charge in [-0.3, -0.25) is 0 Å². The zero-order valence-electron chi connectivity index (χ0n) is 10.3. The van der Waals surface area contributed by atoms with Crippen molar-refractivity contribution in [3.63, 3.8) is 0 Å². The van der Waals surface area contributed by atoms with Crippen LogP contribution in [-0.2, 0) is 0 Å². The van der Waals surface area contributed by atoms with Crippen LogP contribution in [0.5, 0.6) is 0 Å². The average Bonchev–Trinajstić information content (AvgIpc) is 3.20. The SMILES string of the molecule is Cc1c(Cl)nc(C2CC2)nc1-c1cc(Cl)ccc1Cl. The van der Waals surface area contributed by atoms with E-state index in [1.54, 1.807) is 12.1 Å². The van der Waals surface area contributed by atoms with Gasteiger partial charge in [0.05, 0.1) is 10.7 Å². The van der Waals surface area contributed by atoms with E-state index in [2.05, 4.69) is 9.97 Å². The molecule has 0 spiro atoms. The lowest BCUT2D eigenvalue weighted by Crippen LogP contribution is -1.99. The van der Waals surface area contributed by atoms with Crippen molar-refractivity contribution >= 4 is 34.8 Å². The molecule has 1 fully saturated rings. The van der Waals surface area contributed by atoms with Gasteiger partial charge in [0.25, 0.3) is 0 Å². The Kier molecular flexibility index (Phi) is 3.42. The molecule has 19 heavy (non-hydrogen) atoms. The van der Waals surface area contributed by atoms with Gasteiger partial charge < -0.3 is 0 Å². The molecule has 1 aliphatic rings. The second kappa shape index (κ2) is 4.93. The molecule has 0 unspecified atom stereocenters. The van der Waals surface area contributed by atoms with Gasteiger partial charge in [-0.15, -0.1) is 0 Å². The van der Waals surface area contributed by atoms with Crippen LogP contribution >= 0.6 is 34.8 Å². The number of nitrogens with zero attached hydrogens (tertiary/aromatic N) is 2. The fraction of sp³-hybridized carbons (Fsp3) is 0.286. The summed E-state index contributed by atoms with van der Waals surface area (Å²) < 4.78 is 0. The molecule has 0 amide bonds. The van der Waals surface area contributed by atoms with Crippen LogP contribution in [0.25, 0.3) is 11.3 Å². The molecule has 2 nitrogen and oxygen atoms in total. The van der Waals surface area contributed by atoms with Gasteiger partial charge in [-0.1, -0.05) is 34.8 Å². The molecule has 0 radical (unpaired) electrons. The summed E-state index contributed by atoms with van der Waals surface area (Å²) in [6.45, 7) is 1.89. The van der Waals surface area contributed by atoms with Crippen LogP contribution in [0.3, 0.4) is 0 Å². The monoisotopic (exact) mass is 312 g/mol. The van der Waals surface area contributed by atoms with Crippen molar-refractivity contribution < 1.29 is 0 Å². The third kappa shape index (κ3) is 2.58.